The highest BCUT2D eigenvalue weighted by molar-refractivity contribution is 7.12. The van der Waals surface area contributed by atoms with E-state index >= 15 is 0 Å². The first-order chi connectivity index (χ1) is 14.5. The number of halogens is 1. The molecule has 3 aromatic rings. The summed E-state index contributed by atoms with van der Waals surface area (Å²) in [4.78, 5) is 32.2. The number of aryl methyl sites for hydroxylation is 1. The van der Waals surface area contributed by atoms with Crippen LogP contribution in [0, 0.1) is 6.92 Å². The molecule has 0 spiro atoms. The lowest BCUT2D eigenvalue weighted by Crippen LogP contribution is -2.35. The molecule has 4 rings (SSSR count). The van der Waals surface area contributed by atoms with Crippen molar-refractivity contribution in [2.45, 2.75) is 32.7 Å². The first-order valence-electron chi connectivity index (χ1n) is 9.92. The van der Waals surface area contributed by atoms with E-state index < -0.39 is 0 Å². The van der Waals surface area contributed by atoms with Gasteiger partial charge in [-0.3, -0.25) is 9.59 Å². The third kappa shape index (κ3) is 4.55. The first kappa shape index (κ1) is 20.6. The SMILES string of the molecule is Cc1sc(CNC(=O)c2ccc(N3CCCCC3=O)cc2)nc1-c1ccc(Cl)cc1. The van der Waals surface area contributed by atoms with E-state index in [0.29, 0.717) is 23.6 Å². The van der Waals surface area contributed by atoms with Crippen molar-refractivity contribution in [1.82, 2.24) is 10.3 Å². The third-order valence-electron chi connectivity index (χ3n) is 5.12. The van der Waals surface area contributed by atoms with E-state index in [0.717, 1.165) is 46.2 Å². The van der Waals surface area contributed by atoms with Crippen molar-refractivity contribution >= 4 is 40.4 Å². The van der Waals surface area contributed by atoms with Crippen molar-refractivity contribution in [2.24, 2.45) is 0 Å². The Hall–Kier alpha value is -2.70. The van der Waals surface area contributed by atoms with Crippen LogP contribution in [-0.2, 0) is 11.3 Å². The van der Waals surface area contributed by atoms with Crippen molar-refractivity contribution in [3.8, 4) is 11.3 Å². The molecule has 2 heterocycles. The van der Waals surface area contributed by atoms with Gasteiger partial charge >= 0.3 is 0 Å². The molecule has 5 nitrogen and oxygen atoms in total. The average molecular weight is 440 g/mol. The number of carbonyl (C=O) groups excluding carboxylic acids is 2. The molecule has 7 heteroatoms. The zero-order valence-electron chi connectivity index (χ0n) is 16.7. The fraction of sp³-hybridized carbons (Fsp3) is 0.261. The molecule has 1 fully saturated rings. The number of hydrogen-bond acceptors (Lipinski definition) is 4. The van der Waals surface area contributed by atoms with Crippen LogP contribution in [0.1, 0.15) is 39.5 Å². The normalized spacial score (nSPS) is 14.1. The van der Waals surface area contributed by atoms with E-state index in [4.69, 9.17) is 11.6 Å². The van der Waals surface area contributed by atoms with Gasteiger partial charge in [-0.25, -0.2) is 4.98 Å². The molecule has 1 saturated heterocycles. The second-order valence-electron chi connectivity index (χ2n) is 7.25. The maximum absolute atomic E-state index is 12.5. The number of nitrogens with one attached hydrogen (secondary N) is 1. The largest absolute Gasteiger partial charge is 0.346 e. The molecule has 0 radical (unpaired) electrons. The smallest absolute Gasteiger partial charge is 0.251 e. The summed E-state index contributed by atoms with van der Waals surface area (Å²) >= 11 is 7.53. The van der Waals surface area contributed by atoms with Crippen LogP contribution in [-0.4, -0.2) is 23.3 Å². The van der Waals surface area contributed by atoms with Crippen LogP contribution in [0.15, 0.2) is 48.5 Å². The van der Waals surface area contributed by atoms with Crippen LogP contribution in [0.3, 0.4) is 0 Å². The third-order valence-corrected chi connectivity index (χ3v) is 6.35. The lowest BCUT2D eigenvalue weighted by Gasteiger charge is -2.26. The van der Waals surface area contributed by atoms with Gasteiger partial charge in [0.25, 0.3) is 5.91 Å². The Labute approximate surface area is 184 Å². The highest BCUT2D eigenvalue weighted by Gasteiger charge is 2.19. The summed E-state index contributed by atoms with van der Waals surface area (Å²) in [5, 5.41) is 4.47. The zero-order chi connectivity index (χ0) is 21.1. The Balaban J connectivity index is 1.39. The maximum atomic E-state index is 12.5. The molecule has 30 heavy (non-hydrogen) atoms. The van der Waals surface area contributed by atoms with Gasteiger partial charge in [0, 0.05) is 39.7 Å². The Morgan fingerprint density at radius 3 is 2.57 bits per heavy atom. The van der Waals surface area contributed by atoms with Gasteiger partial charge in [-0.05, 0) is 56.2 Å². The number of rotatable bonds is 5. The summed E-state index contributed by atoms with van der Waals surface area (Å²) in [6.45, 7) is 3.13. The second kappa shape index (κ2) is 8.98. The van der Waals surface area contributed by atoms with E-state index in [1.165, 1.54) is 0 Å². The van der Waals surface area contributed by atoms with Crippen LogP contribution in [0.5, 0.6) is 0 Å². The van der Waals surface area contributed by atoms with Crippen molar-refractivity contribution in [1.29, 1.82) is 0 Å². The second-order valence-corrected chi connectivity index (χ2v) is 8.98. The highest BCUT2D eigenvalue weighted by Crippen LogP contribution is 2.28. The summed E-state index contributed by atoms with van der Waals surface area (Å²) in [7, 11) is 0. The summed E-state index contributed by atoms with van der Waals surface area (Å²) < 4.78 is 0. The predicted molar refractivity (Wildman–Crippen MR) is 121 cm³/mol. The molecule has 0 saturated carbocycles. The fourth-order valence-corrected chi connectivity index (χ4v) is 4.55. The first-order valence-corrected chi connectivity index (χ1v) is 11.1. The number of nitrogens with zero attached hydrogens (tertiary/aromatic N) is 2. The van der Waals surface area contributed by atoms with Gasteiger partial charge in [0.1, 0.15) is 5.01 Å². The van der Waals surface area contributed by atoms with Gasteiger partial charge in [-0.1, -0.05) is 23.7 Å². The minimum absolute atomic E-state index is 0.147. The summed E-state index contributed by atoms with van der Waals surface area (Å²) in [5.41, 5.74) is 3.33. The Morgan fingerprint density at radius 2 is 1.87 bits per heavy atom. The number of carbonyl (C=O) groups is 2. The van der Waals surface area contributed by atoms with Gasteiger partial charge in [-0.15, -0.1) is 11.3 Å². The van der Waals surface area contributed by atoms with Gasteiger partial charge in [0.05, 0.1) is 12.2 Å². The van der Waals surface area contributed by atoms with E-state index in [1.807, 2.05) is 43.3 Å². The maximum Gasteiger partial charge on any atom is 0.251 e. The Kier molecular flexibility index (Phi) is 6.16. The lowest BCUT2D eigenvalue weighted by molar-refractivity contribution is -0.119. The van der Waals surface area contributed by atoms with E-state index in [1.54, 1.807) is 28.4 Å². The van der Waals surface area contributed by atoms with E-state index in [2.05, 4.69) is 10.3 Å². The number of aromatic nitrogens is 1. The quantitative estimate of drug-likeness (QED) is 0.592. The number of benzene rings is 2. The number of piperidine rings is 1. The molecule has 1 aliphatic rings. The van der Waals surface area contributed by atoms with Gasteiger partial charge in [0.15, 0.2) is 0 Å². The monoisotopic (exact) mass is 439 g/mol. The van der Waals surface area contributed by atoms with Crippen LogP contribution in [0.2, 0.25) is 5.02 Å². The average Bonchev–Trinajstić information content (AvgIpc) is 3.13. The summed E-state index contributed by atoms with van der Waals surface area (Å²) in [5.74, 6) is -0.0125. The highest BCUT2D eigenvalue weighted by atomic mass is 35.5. The minimum Gasteiger partial charge on any atom is -0.346 e. The lowest BCUT2D eigenvalue weighted by atomic mass is 10.1. The molecular weight excluding hydrogens is 418 g/mol. The summed E-state index contributed by atoms with van der Waals surface area (Å²) in [6, 6.07) is 14.8. The molecule has 0 bridgehead atoms. The molecule has 2 amide bonds. The molecule has 1 aromatic heterocycles. The van der Waals surface area contributed by atoms with Crippen LogP contribution in [0.4, 0.5) is 5.69 Å². The van der Waals surface area contributed by atoms with Crippen LogP contribution >= 0.6 is 22.9 Å². The number of hydrogen-bond donors (Lipinski definition) is 1. The minimum atomic E-state index is -0.160. The van der Waals surface area contributed by atoms with Gasteiger partial charge in [-0.2, -0.15) is 0 Å². The standard InChI is InChI=1S/C23H22ClN3O2S/c1-15-22(16-5-9-18(24)10-6-16)26-20(30-15)14-25-23(29)17-7-11-19(12-8-17)27-13-3-2-4-21(27)28/h5-12H,2-4,13-14H2,1H3,(H,25,29). The fourth-order valence-electron chi connectivity index (χ4n) is 3.53. The van der Waals surface area contributed by atoms with Crippen molar-refractivity contribution < 1.29 is 9.59 Å². The van der Waals surface area contributed by atoms with Gasteiger partial charge in [0.2, 0.25) is 5.91 Å². The molecule has 0 atom stereocenters. The molecule has 0 aliphatic carbocycles. The molecule has 0 unspecified atom stereocenters. The Bertz CT molecular complexity index is 1060. The van der Waals surface area contributed by atoms with E-state index in [-0.39, 0.29) is 11.8 Å². The molecule has 1 N–H and O–H groups in total. The molecular formula is C23H22ClN3O2S. The number of anilines is 1. The molecule has 1 aliphatic heterocycles. The molecule has 2 aromatic carbocycles. The van der Waals surface area contributed by atoms with Crippen LogP contribution < -0.4 is 10.2 Å². The van der Waals surface area contributed by atoms with Crippen LogP contribution in [0.25, 0.3) is 11.3 Å². The predicted octanol–water partition coefficient (Wildman–Crippen LogP) is 5.22. The topological polar surface area (TPSA) is 62.3 Å². The van der Waals surface area contributed by atoms with Crippen molar-refractivity contribution in [3.05, 3.63) is 69.0 Å². The zero-order valence-corrected chi connectivity index (χ0v) is 18.2. The molecule has 154 valence electrons. The Morgan fingerprint density at radius 1 is 1.13 bits per heavy atom. The number of thiazole rings is 1. The summed E-state index contributed by atoms with van der Waals surface area (Å²) in [6.07, 6.45) is 2.55. The van der Waals surface area contributed by atoms with Crippen molar-refractivity contribution in [3.63, 3.8) is 0 Å². The van der Waals surface area contributed by atoms with E-state index in [9.17, 15) is 9.59 Å². The van der Waals surface area contributed by atoms with Crippen molar-refractivity contribution in [2.75, 3.05) is 11.4 Å². The van der Waals surface area contributed by atoms with Gasteiger partial charge < -0.3 is 10.2 Å². The number of amides is 2.